The van der Waals surface area contributed by atoms with Crippen molar-refractivity contribution in [1.82, 2.24) is 9.55 Å². The molecule has 2 aromatic heterocycles. The second-order valence-electron chi connectivity index (χ2n) is 8.00. The average molecular weight is 431 g/mol. The molecule has 0 amide bonds. The van der Waals surface area contributed by atoms with E-state index in [1.54, 1.807) is 18.5 Å². The van der Waals surface area contributed by atoms with Crippen molar-refractivity contribution < 1.29 is 13.2 Å². The van der Waals surface area contributed by atoms with Crippen LogP contribution in [-0.4, -0.2) is 34.8 Å². The fraction of sp³-hybridized carbons (Fsp3) is 0.200. The highest BCUT2D eigenvalue weighted by atomic mass is 32.2. The summed E-state index contributed by atoms with van der Waals surface area (Å²) < 4.78 is 26.8. The van der Waals surface area contributed by atoms with Crippen molar-refractivity contribution in [2.45, 2.75) is 24.6 Å². The van der Waals surface area contributed by atoms with Crippen molar-refractivity contribution in [2.75, 3.05) is 5.75 Å². The van der Waals surface area contributed by atoms with Crippen LogP contribution in [0.5, 0.6) is 0 Å². The fourth-order valence-corrected chi connectivity index (χ4v) is 5.65. The lowest BCUT2D eigenvalue weighted by Crippen LogP contribution is -2.22. The number of Topliss-reactive ketones (excluding diaryl/α,β-unsaturated/α-hetero) is 1. The average Bonchev–Trinajstić information content (AvgIpc) is 3.56. The molecule has 156 valence electrons. The van der Waals surface area contributed by atoms with Crippen molar-refractivity contribution >= 4 is 26.4 Å². The maximum Gasteiger partial charge on any atom is 0.194 e. The van der Waals surface area contributed by atoms with Gasteiger partial charge in [0.15, 0.2) is 15.6 Å². The number of hydrogen-bond donors (Lipinski definition) is 0. The van der Waals surface area contributed by atoms with E-state index >= 15 is 0 Å². The third-order valence-electron chi connectivity index (χ3n) is 5.80. The number of ketones is 1. The Balaban J connectivity index is 1.59. The molecular formula is C25H22N2O3S. The molecule has 31 heavy (non-hydrogen) atoms. The minimum Gasteiger partial charge on any atom is -0.333 e. The van der Waals surface area contributed by atoms with Crippen LogP contribution >= 0.6 is 0 Å². The Morgan fingerprint density at radius 2 is 1.77 bits per heavy atom. The second-order valence-corrected chi connectivity index (χ2v) is 10.3. The number of benzene rings is 2. The van der Waals surface area contributed by atoms with Gasteiger partial charge in [-0.15, -0.1) is 0 Å². The van der Waals surface area contributed by atoms with E-state index in [2.05, 4.69) is 23.2 Å². The summed E-state index contributed by atoms with van der Waals surface area (Å²) in [6.07, 6.45) is 4.78. The maximum atomic E-state index is 13.1. The predicted molar refractivity (Wildman–Crippen MR) is 122 cm³/mol. The maximum absolute atomic E-state index is 13.1. The van der Waals surface area contributed by atoms with Gasteiger partial charge in [-0.1, -0.05) is 42.5 Å². The van der Waals surface area contributed by atoms with Gasteiger partial charge in [0, 0.05) is 24.5 Å². The van der Waals surface area contributed by atoms with Crippen molar-refractivity contribution in [3.63, 3.8) is 0 Å². The normalized spacial score (nSPS) is 14.1. The lowest BCUT2D eigenvalue weighted by atomic mass is 10.0. The van der Waals surface area contributed by atoms with E-state index in [-0.39, 0.29) is 11.0 Å². The highest BCUT2D eigenvalue weighted by Crippen LogP contribution is 2.31. The van der Waals surface area contributed by atoms with Crippen LogP contribution in [0.4, 0.5) is 0 Å². The lowest BCUT2D eigenvalue weighted by molar-refractivity contribution is 0.101. The molecule has 0 N–H and O–H groups in total. The number of nitrogens with zero attached hydrogens (tertiary/aromatic N) is 2. The van der Waals surface area contributed by atoms with Crippen LogP contribution in [0.15, 0.2) is 79.1 Å². The van der Waals surface area contributed by atoms with Gasteiger partial charge in [0.1, 0.15) is 5.75 Å². The first-order chi connectivity index (χ1) is 15.0. The van der Waals surface area contributed by atoms with Crippen molar-refractivity contribution in [2.24, 2.45) is 0 Å². The predicted octanol–water partition coefficient (Wildman–Crippen LogP) is 4.51. The quantitative estimate of drug-likeness (QED) is 0.405. The van der Waals surface area contributed by atoms with Gasteiger partial charge < -0.3 is 4.57 Å². The summed E-state index contributed by atoms with van der Waals surface area (Å²) in [5, 5.41) is 1.88. The van der Waals surface area contributed by atoms with Gasteiger partial charge in [0.2, 0.25) is 0 Å². The lowest BCUT2D eigenvalue weighted by Gasteiger charge is -2.15. The molecule has 2 heterocycles. The molecular weight excluding hydrogens is 408 g/mol. The van der Waals surface area contributed by atoms with Crippen LogP contribution < -0.4 is 0 Å². The zero-order chi connectivity index (χ0) is 21.4. The Labute approximate surface area is 181 Å². The molecule has 2 aromatic carbocycles. The number of sulfone groups is 1. The minimum atomic E-state index is -3.39. The summed E-state index contributed by atoms with van der Waals surface area (Å²) in [5.74, 6) is -0.800. The first kappa shape index (κ1) is 19.7. The molecule has 0 radical (unpaired) electrons. The third kappa shape index (κ3) is 3.91. The summed E-state index contributed by atoms with van der Waals surface area (Å²) in [5.41, 5.74) is 3.20. The van der Waals surface area contributed by atoms with E-state index < -0.39 is 15.6 Å². The Morgan fingerprint density at radius 1 is 0.968 bits per heavy atom. The Bertz CT molecular complexity index is 1370. The van der Waals surface area contributed by atoms with Gasteiger partial charge in [-0.3, -0.25) is 9.78 Å². The molecule has 1 fully saturated rings. The molecule has 1 aliphatic carbocycles. The molecule has 5 nitrogen and oxygen atoms in total. The van der Waals surface area contributed by atoms with E-state index in [1.807, 2.05) is 47.0 Å². The number of rotatable bonds is 7. The van der Waals surface area contributed by atoms with Gasteiger partial charge in [-0.2, -0.15) is 0 Å². The standard InChI is InChI=1S/C25H22N2O3S/c28-25(17-31(29,30)21-10-11-21)24-13-12-23(19-8-4-14-26-15-19)27(24)16-20-7-3-6-18-5-1-2-9-22(18)20/h1-9,12-15,21H,10-11,16-17H2. The zero-order valence-electron chi connectivity index (χ0n) is 16.9. The number of carbonyl (C=O) groups is 1. The fourth-order valence-electron chi connectivity index (χ4n) is 4.05. The third-order valence-corrected chi connectivity index (χ3v) is 7.95. The number of aromatic nitrogens is 2. The highest BCUT2D eigenvalue weighted by molar-refractivity contribution is 7.93. The zero-order valence-corrected chi connectivity index (χ0v) is 17.8. The monoisotopic (exact) mass is 430 g/mol. The van der Waals surface area contributed by atoms with Crippen molar-refractivity contribution in [3.8, 4) is 11.3 Å². The van der Waals surface area contributed by atoms with Crippen LogP contribution in [-0.2, 0) is 16.4 Å². The van der Waals surface area contributed by atoms with Gasteiger partial charge in [0.05, 0.1) is 16.6 Å². The van der Waals surface area contributed by atoms with Crippen molar-refractivity contribution in [3.05, 3.63) is 90.4 Å². The Hall–Kier alpha value is -3.25. The van der Waals surface area contributed by atoms with Gasteiger partial charge >= 0.3 is 0 Å². The number of fused-ring (bicyclic) bond motifs is 1. The number of hydrogen-bond acceptors (Lipinski definition) is 4. The largest absolute Gasteiger partial charge is 0.333 e. The first-order valence-corrected chi connectivity index (χ1v) is 12.1. The van der Waals surface area contributed by atoms with E-state index in [1.165, 1.54) is 0 Å². The first-order valence-electron chi connectivity index (χ1n) is 10.3. The van der Waals surface area contributed by atoms with E-state index in [0.717, 1.165) is 27.6 Å². The SMILES string of the molecule is O=C(CS(=O)(=O)C1CC1)c1ccc(-c2cccnc2)n1Cc1cccc2ccccc12. The smallest absolute Gasteiger partial charge is 0.194 e. The van der Waals surface area contributed by atoms with Gasteiger partial charge in [-0.25, -0.2) is 8.42 Å². The van der Waals surface area contributed by atoms with Crippen molar-refractivity contribution in [1.29, 1.82) is 0 Å². The summed E-state index contributed by atoms with van der Waals surface area (Å²) in [7, 11) is -3.39. The molecule has 1 saturated carbocycles. The van der Waals surface area contributed by atoms with Crippen LogP contribution in [0, 0.1) is 0 Å². The van der Waals surface area contributed by atoms with Crippen LogP contribution in [0.3, 0.4) is 0 Å². The number of pyridine rings is 1. The van der Waals surface area contributed by atoms with Crippen LogP contribution in [0.25, 0.3) is 22.0 Å². The van der Waals surface area contributed by atoms with Crippen LogP contribution in [0.2, 0.25) is 0 Å². The molecule has 0 aliphatic heterocycles. The summed E-state index contributed by atoms with van der Waals surface area (Å²) in [6, 6.07) is 21.6. The molecule has 0 unspecified atom stereocenters. The minimum absolute atomic E-state index is 0.351. The highest BCUT2D eigenvalue weighted by Gasteiger charge is 2.37. The summed E-state index contributed by atoms with van der Waals surface area (Å²) >= 11 is 0. The molecule has 0 atom stereocenters. The van der Waals surface area contributed by atoms with E-state index in [9.17, 15) is 13.2 Å². The molecule has 0 saturated heterocycles. The summed E-state index contributed by atoms with van der Waals surface area (Å²) in [6.45, 7) is 0.461. The van der Waals surface area contributed by atoms with Gasteiger partial charge in [-0.05, 0) is 53.4 Å². The topological polar surface area (TPSA) is 69.0 Å². The second kappa shape index (κ2) is 7.78. The summed E-state index contributed by atoms with van der Waals surface area (Å²) in [4.78, 5) is 17.3. The van der Waals surface area contributed by atoms with Gasteiger partial charge in [0.25, 0.3) is 0 Å². The molecule has 0 bridgehead atoms. The van der Waals surface area contributed by atoms with Crippen LogP contribution in [0.1, 0.15) is 28.9 Å². The molecule has 0 spiro atoms. The molecule has 6 heteroatoms. The van der Waals surface area contributed by atoms with E-state index in [0.29, 0.717) is 25.1 Å². The van der Waals surface area contributed by atoms with E-state index in [4.69, 9.17) is 0 Å². The Kier molecular flexibility index (Phi) is 4.94. The number of carbonyl (C=O) groups excluding carboxylic acids is 1. The molecule has 1 aliphatic rings. The molecule has 4 aromatic rings. The molecule has 5 rings (SSSR count). The Morgan fingerprint density at radius 3 is 2.55 bits per heavy atom.